The number of rotatable bonds is 5. The first-order valence-electron chi connectivity index (χ1n) is 9.29. The quantitative estimate of drug-likeness (QED) is 0.892. The number of phenolic OH excluding ortho intramolecular Hbond substituents is 1. The van der Waals surface area contributed by atoms with Crippen LogP contribution in [0.15, 0.2) is 24.3 Å². The predicted molar refractivity (Wildman–Crippen MR) is 96.1 cm³/mol. The number of hydrogen-bond acceptors (Lipinski definition) is 3. The molecule has 136 valence electrons. The molecule has 3 rings (SSSR count). The predicted octanol–water partition coefficient (Wildman–Crippen LogP) is 2.43. The summed E-state index contributed by atoms with van der Waals surface area (Å²) in [6.07, 6.45) is 3.10. The van der Waals surface area contributed by atoms with Gasteiger partial charge in [0.05, 0.1) is 12.5 Å². The molecule has 1 N–H and O–H groups in total. The molecule has 2 amide bonds. The van der Waals surface area contributed by atoms with E-state index < -0.39 is 0 Å². The Hall–Kier alpha value is -2.04. The van der Waals surface area contributed by atoms with Crippen LogP contribution in [-0.4, -0.2) is 52.4 Å². The van der Waals surface area contributed by atoms with Crippen LogP contribution >= 0.6 is 0 Å². The standard InChI is InChI=1S/C20H28N2O3/c1-14(2)18-13-21(9-8-19(24)22(18)12-15-6-7-15)20(25)11-16-4-3-5-17(23)10-16/h3-5,10,14-15,18,23H,6-9,11-13H2,1-2H3/t18-/m0/s1. The summed E-state index contributed by atoms with van der Waals surface area (Å²) in [5, 5.41) is 9.58. The first-order chi connectivity index (χ1) is 11.9. The van der Waals surface area contributed by atoms with Crippen molar-refractivity contribution in [1.82, 2.24) is 9.80 Å². The SMILES string of the molecule is CC(C)[C@@H]1CN(C(=O)Cc2cccc(O)c2)CCC(=O)N1CC1CC1. The second-order valence-electron chi connectivity index (χ2n) is 7.74. The molecule has 2 fully saturated rings. The van der Waals surface area contributed by atoms with E-state index in [0.29, 0.717) is 31.3 Å². The van der Waals surface area contributed by atoms with Crippen LogP contribution in [0, 0.1) is 11.8 Å². The van der Waals surface area contributed by atoms with E-state index in [-0.39, 0.29) is 30.0 Å². The lowest BCUT2D eigenvalue weighted by Crippen LogP contribution is -2.48. The number of benzene rings is 1. The summed E-state index contributed by atoms with van der Waals surface area (Å²) in [6, 6.07) is 6.91. The maximum Gasteiger partial charge on any atom is 0.227 e. The van der Waals surface area contributed by atoms with E-state index in [1.807, 2.05) is 15.9 Å². The molecule has 0 spiro atoms. The second kappa shape index (κ2) is 7.46. The average Bonchev–Trinajstić information content (AvgIpc) is 3.37. The Morgan fingerprint density at radius 1 is 1.32 bits per heavy atom. The lowest BCUT2D eigenvalue weighted by molar-refractivity contribution is -0.134. The van der Waals surface area contributed by atoms with Gasteiger partial charge in [-0.25, -0.2) is 0 Å². The number of hydrogen-bond donors (Lipinski definition) is 1. The van der Waals surface area contributed by atoms with E-state index in [1.165, 1.54) is 12.8 Å². The van der Waals surface area contributed by atoms with Gasteiger partial charge >= 0.3 is 0 Å². The minimum Gasteiger partial charge on any atom is -0.508 e. The maximum absolute atomic E-state index is 12.8. The van der Waals surface area contributed by atoms with E-state index in [1.54, 1.807) is 18.2 Å². The van der Waals surface area contributed by atoms with Crippen molar-refractivity contribution in [3.05, 3.63) is 29.8 Å². The van der Waals surface area contributed by atoms with E-state index in [4.69, 9.17) is 0 Å². The third-order valence-corrected chi connectivity index (χ3v) is 5.26. The fourth-order valence-electron chi connectivity index (χ4n) is 3.54. The maximum atomic E-state index is 12.8. The Labute approximate surface area is 149 Å². The van der Waals surface area contributed by atoms with Gasteiger partial charge in [0.15, 0.2) is 0 Å². The summed E-state index contributed by atoms with van der Waals surface area (Å²) >= 11 is 0. The van der Waals surface area contributed by atoms with Crippen molar-refractivity contribution in [2.75, 3.05) is 19.6 Å². The van der Waals surface area contributed by atoms with Crippen LogP contribution in [0.25, 0.3) is 0 Å². The van der Waals surface area contributed by atoms with Crippen LogP contribution in [0.4, 0.5) is 0 Å². The Kier molecular flexibility index (Phi) is 5.30. The smallest absolute Gasteiger partial charge is 0.227 e. The number of amides is 2. The normalized spacial score (nSPS) is 21.6. The zero-order valence-corrected chi connectivity index (χ0v) is 15.1. The second-order valence-corrected chi connectivity index (χ2v) is 7.74. The Bertz CT molecular complexity index is 640. The highest BCUT2D eigenvalue weighted by Crippen LogP contribution is 2.32. The molecule has 5 nitrogen and oxygen atoms in total. The largest absolute Gasteiger partial charge is 0.508 e. The van der Waals surface area contributed by atoms with Crippen LogP contribution in [0.2, 0.25) is 0 Å². The summed E-state index contributed by atoms with van der Waals surface area (Å²) < 4.78 is 0. The first kappa shape index (κ1) is 17.8. The van der Waals surface area contributed by atoms with Gasteiger partial charge in [0, 0.05) is 26.1 Å². The van der Waals surface area contributed by atoms with Crippen molar-refractivity contribution < 1.29 is 14.7 Å². The van der Waals surface area contributed by atoms with Gasteiger partial charge < -0.3 is 14.9 Å². The summed E-state index contributed by atoms with van der Waals surface area (Å²) in [6.45, 7) is 6.19. The lowest BCUT2D eigenvalue weighted by Gasteiger charge is -2.34. The molecule has 25 heavy (non-hydrogen) atoms. The molecule has 1 heterocycles. The molecule has 1 aromatic rings. The molecule has 2 aliphatic rings. The van der Waals surface area contributed by atoms with Gasteiger partial charge in [-0.05, 0) is 42.4 Å². The summed E-state index contributed by atoms with van der Waals surface area (Å²) in [7, 11) is 0. The average molecular weight is 344 g/mol. The van der Waals surface area contributed by atoms with Gasteiger partial charge in [-0.3, -0.25) is 9.59 Å². The molecule has 1 saturated carbocycles. The van der Waals surface area contributed by atoms with Crippen LogP contribution in [0.1, 0.15) is 38.7 Å². The van der Waals surface area contributed by atoms with Crippen molar-refractivity contribution in [1.29, 1.82) is 0 Å². The highest BCUT2D eigenvalue weighted by Gasteiger charge is 2.36. The van der Waals surface area contributed by atoms with Crippen molar-refractivity contribution in [3.63, 3.8) is 0 Å². The van der Waals surface area contributed by atoms with Gasteiger partial charge in [0.2, 0.25) is 11.8 Å². The lowest BCUT2D eigenvalue weighted by atomic mass is 10.0. The number of carbonyl (C=O) groups excluding carboxylic acids is 2. The molecule has 1 atom stereocenters. The minimum absolute atomic E-state index is 0.0253. The zero-order chi connectivity index (χ0) is 18.0. The molecule has 1 aromatic carbocycles. The van der Waals surface area contributed by atoms with Crippen molar-refractivity contribution in [3.8, 4) is 5.75 Å². The zero-order valence-electron chi connectivity index (χ0n) is 15.1. The van der Waals surface area contributed by atoms with Crippen molar-refractivity contribution in [2.24, 2.45) is 11.8 Å². The molecule has 0 aromatic heterocycles. The third kappa shape index (κ3) is 4.53. The summed E-state index contributed by atoms with van der Waals surface area (Å²) in [5.74, 6) is 1.35. The first-order valence-corrected chi connectivity index (χ1v) is 9.29. The van der Waals surface area contributed by atoms with Crippen LogP contribution < -0.4 is 0 Å². The van der Waals surface area contributed by atoms with E-state index >= 15 is 0 Å². The third-order valence-electron chi connectivity index (χ3n) is 5.26. The molecule has 0 radical (unpaired) electrons. The van der Waals surface area contributed by atoms with E-state index in [9.17, 15) is 14.7 Å². The summed E-state index contributed by atoms with van der Waals surface area (Å²) in [4.78, 5) is 29.2. The molecule has 0 bridgehead atoms. The molecular formula is C20H28N2O3. The van der Waals surface area contributed by atoms with Crippen molar-refractivity contribution in [2.45, 2.75) is 45.6 Å². The van der Waals surface area contributed by atoms with E-state index in [2.05, 4.69) is 13.8 Å². The van der Waals surface area contributed by atoms with Gasteiger partial charge in [-0.2, -0.15) is 0 Å². The topological polar surface area (TPSA) is 60.9 Å². The number of nitrogens with zero attached hydrogens (tertiary/aromatic N) is 2. The fraction of sp³-hybridized carbons (Fsp3) is 0.600. The molecular weight excluding hydrogens is 316 g/mol. The van der Waals surface area contributed by atoms with Gasteiger partial charge in [-0.15, -0.1) is 0 Å². The molecule has 5 heteroatoms. The van der Waals surface area contributed by atoms with Crippen LogP contribution in [0.3, 0.4) is 0 Å². The number of phenols is 1. The van der Waals surface area contributed by atoms with Gasteiger partial charge in [-0.1, -0.05) is 26.0 Å². The number of aromatic hydroxyl groups is 1. The highest BCUT2D eigenvalue weighted by molar-refractivity contribution is 5.82. The summed E-state index contributed by atoms with van der Waals surface area (Å²) in [5.41, 5.74) is 0.802. The molecule has 1 aliphatic carbocycles. The Morgan fingerprint density at radius 3 is 2.72 bits per heavy atom. The highest BCUT2D eigenvalue weighted by atomic mass is 16.3. The van der Waals surface area contributed by atoms with Crippen LogP contribution in [0.5, 0.6) is 5.75 Å². The van der Waals surface area contributed by atoms with E-state index in [0.717, 1.165) is 12.1 Å². The Balaban J connectivity index is 1.71. The van der Waals surface area contributed by atoms with Gasteiger partial charge in [0.25, 0.3) is 0 Å². The number of carbonyl (C=O) groups is 2. The monoisotopic (exact) mass is 344 g/mol. The molecule has 0 unspecified atom stereocenters. The molecule has 1 aliphatic heterocycles. The Morgan fingerprint density at radius 2 is 2.08 bits per heavy atom. The minimum atomic E-state index is 0.0253. The van der Waals surface area contributed by atoms with Gasteiger partial charge in [0.1, 0.15) is 5.75 Å². The fourth-order valence-corrected chi connectivity index (χ4v) is 3.54. The van der Waals surface area contributed by atoms with Crippen LogP contribution in [-0.2, 0) is 16.0 Å². The van der Waals surface area contributed by atoms with Crippen molar-refractivity contribution >= 4 is 11.8 Å². The molecule has 1 saturated heterocycles.